The predicted octanol–water partition coefficient (Wildman–Crippen LogP) is 2.46. The lowest BCUT2D eigenvalue weighted by Crippen LogP contribution is -3.61. The number of thiazole rings is 1. The Bertz CT molecular complexity index is 1950. The van der Waals surface area contributed by atoms with Gasteiger partial charge in [-0.1, -0.05) is 29.0 Å². The van der Waals surface area contributed by atoms with E-state index in [4.69, 9.17) is 9.47 Å². The van der Waals surface area contributed by atoms with Gasteiger partial charge in [0.2, 0.25) is 3.57 Å². The molecular formula is C33H34IN5O7S2. The van der Waals surface area contributed by atoms with Crippen LogP contribution < -0.4 is 36.2 Å². The highest BCUT2D eigenvalue weighted by Crippen LogP contribution is 2.29. The van der Waals surface area contributed by atoms with Gasteiger partial charge in [0.15, 0.2) is 15.5 Å². The third-order valence-corrected chi connectivity index (χ3v) is 10.9. The second-order valence-corrected chi connectivity index (χ2v) is 15.7. The van der Waals surface area contributed by atoms with Gasteiger partial charge in [0.05, 0.1) is 21.3 Å². The number of nitrogens with zero attached hydrogens (tertiary/aromatic N) is 4. The van der Waals surface area contributed by atoms with Crippen molar-refractivity contribution in [1.82, 2.24) is 14.9 Å². The number of pyridine rings is 1. The smallest absolute Gasteiger partial charge is 0.359 e. The monoisotopic (exact) mass is 803 g/mol. The van der Waals surface area contributed by atoms with Crippen molar-refractivity contribution < 1.29 is 53.2 Å². The predicted molar refractivity (Wildman–Crippen MR) is 179 cm³/mol. The summed E-state index contributed by atoms with van der Waals surface area (Å²) in [6, 6.07) is 22.9. The summed E-state index contributed by atoms with van der Waals surface area (Å²) in [6.07, 6.45) is 1.75. The highest BCUT2D eigenvalue weighted by molar-refractivity contribution is 7.85. The largest absolute Gasteiger partial charge is 0.744 e. The molecule has 12 nitrogen and oxygen atoms in total. The Morgan fingerprint density at radius 3 is 2.25 bits per heavy atom. The van der Waals surface area contributed by atoms with Crippen LogP contribution in [0, 0.1) is 14.1 Å². The lowest BCUT2D eigenvalue weighted by atomic mass is 10.2. The average molecular weight is 804 g/mol. The molecule has 2 heterocycles. The number of nitrogens with one attached hydrogen (secondary N) is 1. The van der Waals surface area contributed by atoms with Crippen LogP contribution in [-0.2, 0) is 14.9 Å². The molecule has 15 heteroatoms. The summed E-state index contributed by atoms with van der Waals surface area (Å²) < 4.78 is 45.1. The minimum absolute atomic E-state index is 0.0809. The van der Waals surface area contributed by atoms with Crippen LogP contribution in [0.4, 0.5) is 15.6 Å². The molecule has 0 spiro atoms. The van der Waals surface area contributed by atoms with Crippen molar-refractivity contribution in [3.8, 4) is 5.75 Å². The Balaban J connectivity index is 0.000000401. The summed E-state index contributed by atoms with van der Waals surface area (Å²) in [6.45, 7) is 4.50. The van der Waals surface area contributed by atoms with Gasteiger partial charge in [-0.05, 0) is 80.6 Å². The van der Waals surface area contributed by atoms with E-state index < -0.39 is 31.3 Å². The lowest BCUT2D eigenvalue weighted by Gasteiger charge is -2.21. The summed E-state index contributed by atoms with van der Waals surface area (Å²) in [7, 11) is 0.939. The minimum atomic E-state index is -4.27. The van der Waals surface area contributed by atoms with Crippen LogP contribution in [0.15, 0.2) is 90.0 Å². The van der Waals surface area contributed by atoms with E-state index in [1.165, 1.54) is 31.9 Å². The van der Waals surface area contributed by atoms with E-state index in [-0.39, 0.29) is 23.6 Å². The third-order valence-electron chi connectivity index (χ3n) is 6.46. The van der Waals surface area contributed by atoms with Crippen LogP contribution in [0.3, 0.4) is 0 Å². The molecule has 0 bridgehead atoms. The zero-order valence-electron chi connectivity index (χ0n) is 26.8. The fourth-order valence-electron chi connectivity index (χ4n) is 3.94. The number of ether oxygens (including phenoxy) is 2. The van der Waals surface area contributed by atoms with E-state index in [0.29, 0.717) is 23.2 Å². The number of aromatic nitrogens is 2. The van der Waals surface area contributed by atoms with Gasteiger partial charge in [0.25, 0.3) is 5.91 Å². The van der Waals surface area contributed by atoms with Gasteiger partial charge in [-0.2, -0.15) is 0 Å². The van der Waals surface area contributed by atoms with Crippen LogP contribution in [0.5, 0.6) is 5.75 Å². The zero-order valence-corrected chi connectivity index (χ0v) is 30.6. The molecule has 0 saturated heterocycles. The molecule has 2 aromatic heterocycles. The Labute approximate surface area is 293 Å². The van der Waals surface area contributed by atoms with Crippen LogP contribution in [0.2, 0.25) is 0 Å². The van der Waals surface area contributed by atoms with E-state index in [1.807, 2.05) is 62.4 Å². The topological polar surface area (TPSA) is 154 Å². The van der Waals surface area contributed by atoms with Crippen molar-refractivity contribution in [3.63, 3.8) is 0 Å². The number of amides is 3. The zero-order chi connectivity index (χ0) is 34.8. The molecule has 3 amide bonds. The minimum Gasteiger partial charge on any atom is -0.744 e. The Morgan fingerprint density at radius 2 is 1.65 bits per heavy atom. The van der Waals surface area contributed by atoms with Gasteiger partial charge >= 0.3 is 27.2 Å². The van der Waals surface area contributed by atoms with E-state index in [9.17, 15) is 22.6 Å². The molecule has 252 valence electrons. The number of fused-ring (bicyclic) bond motifs is 1. The van der Waals surface area contributed by atoms with Gasteiger partial charge in [0, 0.05) is 33.4 Å². The number of carbonyl (C=O) groups is 2. The summed E-state index contributed by atoms with van der Waals surface area (Å²) in [5, 5.41) is 3.33. The van der Waals surface area contributed by atoms with Crippen LogP contribution >= 0.6 is 11.3 Å². The van der Waals surface area contributed by atoms with Crippen molar-refractivity contribution in [2.24, 2.45) is 0 Å². The number of aryl methyl sites for hydroxylation is 1. The molecule has 0 saturated carbocycles. The number of anilines is 2. The summed E-state index contributed by atoms with van der Waals surface area (Å²) in [4.78, 5) is 36.7. The first-order chi connectivity index (χ1) is 22.8. The van der Waals surface area contributed by atoms with Crippen LogP contribution in [0.1, 0.15) is 23.0 Å². The maximum atomic E-state index is 12.7. The SMILES string of the molecule is CCOCOc1ccc2nc(NC(=O)c3ccc([I+]c4ccc(N(C)C(=O)N(C)C)cc4)cn3)sc2c1.Cc1ccc(S(=O)(=O)[O-])cc1. The molecule has 3 aromatic carbocycles. The lowest BCUT2D eigenvalue weighted by molar-refractivity contribution is -0.597. The van der Waals surface area contributed by atoms with Crippen LogP contribution in [0.25, 0.3) is 10.2 Å². The molecule has 5 aromatic rings. The molecule has 0 unspecified atom stereocenters. The molecule has 1 N–H and O–H groups in total. The maximum absolute atomic E-state index is 12.7. The summed E-state index contributed by atoms with van der Waals surface area (Å²) in [5.74, 6) is 0.376. The van der Waals surface area contributed by atoms with Crippen molar-refractivity contribution in [2.75, 3.05) is 44.8 Å². The van der Waals surface area contributed by atoms with E-state index in [2.05, 4.69) is 15.3 Å². The number of carbonyl (C=O) groups excluding carboxylic acids is 2. The molecule has 0 aliphatic carbocycles. The average Bonchev–Trinajstić information content (AvgIpc) is 3.46. The molecule has 0 fully saturated rings. The van der Waals surface area contributed by atoms with Gasteiger partial charge in [-0.15, -0.1) is 0 Å². The van der Waals surface area contributed by atoms with E-state index in [0.717, 1.165) is 25.0 Å². The fraction of sp³-hybridized carbons (Fsp3) is 0.212. The highest BCUT2D eigenvalue weighted by atomic mass is 127. The first-order valence-corrected chi connectivity index (χ1v) is 18.8. The maximum Gasteiger partial charge on any atom is 0.359 e. The first-order valence-electron chi connectivity index (χ1n) is 14.4. The second kappa shape index (κ2) is 16.8. The molecular weight excluding hydrogens is 769 g/mol. The number of hydrogen-bond donors (Lipinski definition) is 1. The Morgan fingerprint density at radius 1 is 0.958 bits per heavy atom. The van der Waals surface area contributed by atoms with Crippen molar-refractivity contribution in [3.05, 3.63) is 103 Å². The molecule has 5 rings (SSSR count). The molecule has 0 atom stereocenters. The van der Waals surface area contributed by atoms with Gasteiger partial charge in [-0.3, -0.25) is 15.0 Å². The van der Waals surface area contributed by atoms with Gasteiger partial charge < -0.3 is 18.9 Å². The molecule has 0 radical (unpaired) electrons. The molecule has 0 aliphatic rings. The van der Waals surface area contributed by atoms with E-state index >= 15 is 0 Å². The summed E-state index contributed by atoms with van der Waals surface area (Å²) >= 11 is 0.895. The Hall–Kier alpha value is -4.16. The fourth-order valence-corrected chi connectivity index (χ4v) is 7.37. The van der Waals surface area contributed by atoms with Crippen molar-refractivity contribution in [2.45, 2.75) is 18.7 Å². The van der Waals surface area contributed by atoms with Gasteiger partial charge in [0.1, 0.15) is 21.6 Å². The quantitative estimate of drug-likeness (QED) is 0.0972. The second-order valence-electron chi connectivity index (χ2n) is 10.3. The van der Waals surface area contributed by atoms with Crippen molar-refractivity contribution >= 4 is 54.4 Å². The third kappa shape index (κ3) is 10.4. The number of rotatable bonds is 10. The van der Waals surface area contributed by atoms with Gasteiger partial charge in [-0.25, -0.2) is 23.2 Å². The first kappa shape index (κ1) is 36.7. The Kier molecular flexibility index (Phi) is 12.8. The normalized spacial score (nSPS) is 11.0. The highest BCUT2D eigenvalue weighted by Gasteiger charge is 2.20. The molecule has 48 heavy (non-hydrogen) atoms. The van der Waals surface area contributed by atoms with E-state index in [1.54, 1.807) is 50.4 Å². The number of urea groups is 1. The molecule has 0 aliphatic heterocycles. The van der Waals surface area contributed by atoms with Crippen LogP contribution in [-0.4, -0.2) is 74.3 Å². The summed E-state index contributed by atoms with van der Waals surface area (Å²) in [5.41, 5.74) is 2.87. The standard InChI is InChI=1S/C26H26IN5O4S.C7H8O3S/c1-5-35-16-36-20-11-13-21-23(14-20)37-25(29-21)30-24(33)22-12-8-18(15-28-22)27-17-6-9-19(10-7-17)32(4)26(34)31(2)3;1-6-2-4-7(5-3-6)11(8,9)10/h6-15H,5,16H2,1-4H3;2-5H,1H3,(H,8,9,10). The number of halogens is 1. The number of benzene rings is 3. The van der Waals surface area contributed by atoms with Crippen molar-refractivity contribution in [1.29, 1.82) is 0 Å². The number of hydrogen-bond acceptors (Lipinski definition) is 10.